The zero-order valence-corrected chi connectivity index (χ0v) is 14.0. The number of carbonyl (C=O) groups is 1. The lowest BCUT2D eigenvalue weighted by Gasteiger charge is -2.30. The minimum atomic E-state index is -4.74. The van der Waals surface area contributed by atoms with E-state index in [-0.39, 0.29) is 17.5 Å². The molecule has 0 unspecified atom stereocenters. The number of nitro benzene ring substituents is 1. The van der Waals surface area contributed by atoms with Gasteiger partial charge in [0.1, 0.15) is 0 Å². The molecule has 1 N–H and O–H groups in total. The van der Waals surface area contributed by atoms with E-state index in [1.807, 2.05) is 0 Å². The van der Waals surface area contributed by atoms with E-state index in [4.69, 9.17) is 0 Å². The van der Waals surface area contributed by atoms with Gasteiger partial charge in [0, 0.05) is 12.6 Å². The van der Waals surface area contributed by atoms with Crippen molar-refractivity contribution in [2.75, 3.05) is 6.54 Å². The standard InChI is InChI=1S/C17H16F3N3O3/c1-16(2)9-22(21-15(16)24)14(17(18,19)20)11-7-3-5-10-6-4-8-12(13(10)11)23(25)26/h3-8,14H,9H2,1-2H3,(H,21,24)/t14-/m0/s1. The Morgan fingerprint density at radius 3 is 2.35 bits per heavy atom. The molecule has 0 aliphatic carbocycles. The summed E-state index contributed by atoms with van der Waals surface area (Å²) in [6.07, 6.45) is -4.74. The molecule has 0 bridgehead atoms. The van der Waals surface area contributed by atoms with Crippen molar-refractivity contribution in [2.45, 2.75) is 26.1 Å². The second kappa shape index (κ2) is 5.94. The van der Waals surface area contributed by atoms with Crippen LogP contribution in [0.25, 0.3) is 10.8 Å². The number of alkyl halides is 3. The number of halogens is 3. The maximum absolute atomic E-state index is 13.9. The molecule has 1 fully saturated rings. The number of benzene rings is 2. The van der Waals surface area contributed by atoms with Crippen LogP contribution in [0.1, 0.15) is 25.5 Å². The molecule has 1 amide bonds. The van der Waals surface area contributed by atoms with Crippen LogP contribution in [0, 0.1) is 15.5 Å². The zero-order chi connectivity index (χ0) is 19.3. The van der Waals surface area contributed by atoms with Crippen LogP contribution in [-0.4, -0.2) is 28.6 Å². The van der Waals surface area contributed by atoms with E-state index in [9.17, 15) is 28.1 Å². The van der Waals surface area contributed by atoms with Gasteiger partial charge < -0.3 is 0 Å². The van der Waals surface area contributed by atoms with Crippen molar-refractivity contribution in [1.29, 1.82) is 0 Å². The van der Waals surface area contributed by atoms with Gasteiger partial charge in [-0.05, 0) is 24.8 Å². The van der Waals surface area contributed by atoms with E-state index in [0.717, 1.165) is 5.01 Å². The van der Waals surface area contributed by atoms with Gasteiger partial charge in [0.05, 0.1) is 15.7 Å². The SMILES string of the molecule is CC1(C)CN([C@@H](c2cccc3cccc([N+](=O)[O-])c23)C(F)(F)F)NC1=O. The number of rotatable bonds is 3. The largest absolute Gasteiger partial charge is 0.409 e. The summed E-state index contributed by atoms with van der Waals surface area (Å²) in [5.74, 6) is -0.526. The Labute approximate surface area is 146 Å². The molecule has 1 saturated heterocycles. The van der Waals surface area contributed by atoms with Gasteiger partial charge in [-0.2, -0.15) is 13.2 Å². The average Bonchev–Trinajstić information content (AvgIpc) is 2.78. The second-order valence-corrected chi connectivity index (χ2v) is 6.88. The summed E-state index contributed by atoms with van der Waals surface area (Å²) in [6, 6.07) is 6.07. The van der Waals surface area contributed by atoms with Crippen LogP contribution in [-0.2, 0) is 4.79 Å². The minimum absolute atomic E-state index is 0.0821. The summed E-state index contributed by atoms with van der Waals surface area (Å²) in [7, 11) is 0. The van der Waals surface area contributed by atoms with Gasteiger partial charge in [-0.25, -0.2) is 5.01 Å². The molecule has 0 saturated carbocycles. The number of nitrogens with zero attached hydrogens (tertiary/aromatic N) is 2. The quantitative estimate of drug-likeness (QED) is 0.663. The molecule has 2 aromatic rings. The Morgan fingerprint density at radius 1 is 1.23 bits per heavy atom. The number of non-ortho nitro benzene ring substituents is 1. The van der Waals surface area contributed by atoms with Crippen LogP contribution >= 0.6 is 0 Å². The lowest BCUT2D eigenvalue weighted by Crippen LogP contribution is -2.43. The Kier molecular flexibility index (Phi) is 4.14. The normalized spacial score (nSPS) is 18.7. The number of hydrogen-bond acceptors (Lipinski definition) is 4. The first kappa shape index (κ1) is 18.1. The van der Waals surface area contributed by atoms with Gasteiger partial charge in [0.2, 0.25) is 5.91 Å². The average molecular weight is 367 g/mol. The van der Waals surface area contributed by atoms with Crippen LogP contribution in [0.2, 0.25) is 0 Å². The smallest absolute Gasteiger partial charge is 0.287 e. The van der Waals surface area contributed by atoms with Crippen molar-refractivity contribution in [3.63, 3.8) is 0 Å². The molecule has 3 rings (SSSR count). The third kappa shape index (κ3) is 2.98. The topological polar surface area (TPSA) is 75.5 Å². The molecule has 0 spiro atoms. The van der Waals surface area contributed by atoms with E-state index < -0.39 is 34.2 Å². The van der Waals surface area contributed by atoms with Crippen molar-refractivity contribution in [3.8, 4) is 0 Å². The van der Waals surface area contributed by atoms with E-state index in [0.29, 0.717) is 5.39 Å². The monoisotopic (exact) mass is 367 g/mol. The molecule has 26 heavy (non-hydrogen) atoms. The summed E-state index contributed by atoms with van der Waals surface area (Å²) in [6.45, 7) is 2.91. The van der Waals surface area contributed by atoms with Crippen molar-refractivity contribution in [1.82, 2.24) is 10.4 Å². The lowest BCUT2D eigenvalue weighted by molar-refractivity contribution is -0.383. The molecule has 1 atom stereocenters. The maximum atomic E-state index is 13.9. The van der Waals surface area contributed by atoms with Gasteiger partial charge in [-0.3, -0.25) is 20.3 Å². The molecule has 2 aromatic carbocycles. The van der Waals surface area contributed by atoms with Gasteiger partial charge in [-0.1, -0.05) is 30.3 Å². The van der Waals surface area contributed by atoms with Crippen LogP contribution in [0.15, 0.2) is 36.4 Å². The molecule has 1 aliphatic rings. The van der Waals surface area contributed by atoms with Crippen molar-refractivity contribution >= 4 is 22.4 Å². The second-order valence-electron chi connectivity index (χ2n) is 6.88. The van der Waals surface area contributed by atoms with Gasteiger partial charge in [0.25, 0.3) is 5.69 Å². The van der Waals surface area contributed by atoms with E-state index in [1.54, 1.807) is 13.8 Å². The van der Waals surface area contributed by atoms with Gasteiger partial charge >= 0.3 is 6.18 Å². The number of amides is 1. The first-order valence-corrected chi connectivity index (χ1v) is 7.83. The highest BCUT2D eigenvalue weighted by Crippen LogP contribution is 2.44. The molecule has 0 aromatic heterocycles. The Hall–Kier alpha value is -2.68. The molecular formula is C17H16F3N3O3. The summed E-state index contributed by atoms with van der Waals surface area (Å²) < 4.78 is 41.8. The number of nitrogens with one attached hydrogen (secondary N) is 1. The zero-order valence-electron chi connectivity index (χ0n) is 14.0. The third-order valence-corrected chi connectivity index (χ3v) is 4.45. The molecule has 138 valence electrons. The molecule has 6 nitrogen and oxygen atoms in total. The van der Waals surface area contributed by atoms with Crippen LogP contribution < -0.4 is 5.43 Å². The highest BCUT2D eigenvalue weighted by atomic mass is 19.4. The van der Waals surface area contributed by atoms with Crippen molar-refractivity contribution in [2.24, 2.45) is 5.41 Å². The number of carbonyl (C=O) groups excluding carboxylic acids is 1. The fourth-order valence-corrected chi connectivity index (χ4v) is 3.23. The maximum Gasteiger partial charge on any atom is 0.409 e. The van der Waals surface area contributed by atoms with Gasteiger partial charge in [0.15, 0.2) is 6.04 Å². The first-order valence-electron chi connectivity index (χ1n) is 7.83. The number of nitro groups is 1. The molecule has 1 aliphatic heterocycles. The summed E-state index contributed by atoms with van der Waals surface area (Å²) >= 11 is 0. The van der Waals surface area contributed by atoms with Crippen LogP contribution in [0.3, 0.4) is 0 Å². The fourth-order valence-electron chi connectivity index (χ4n) is 3.23. The Morgan fingerprint density at radius 2 is 1.85 bits per heavy atom. The van der Waals surface area contributed by atoms with Crippen LogP contribution in [0.4, 0.5) is 18.9 Å². The molecule has 9 heteroatoms. The van der Waals surface area contributed by atoms with E-state index >= 15 is 0 Å². The molecule has 1 heterocycles. The van der Waals surface area contributed by atoms with Crippen LogP contribution in [0.5, 0.6) is 0 Å². The lowest BCUT2D eigenvalue weighted by atomic mass is 9.92. The Balaban J connectivity index is 2.24. The molecule has 0 radical (unpaired) electrons. The third-order valence-electron chi connectivity index (χ3n) is 4.45. The summed E-state index contributed by atoms with van der Waals surface area (Å²) in [5.41, 5.74) is 0.598. The first-order chi connectivity index (χ1) is 12.0. The predicted octanol–water partition coefficient (Wildman–Crippen LogP) is 3.72. The predicted molar refractivity (Wildman–Crippen MR) is 88.0 cm³/mol. The Bertz CT molecular complexity index is 890. The number of fused-ring (bicyclic) bond motifs is 1. The number of hydrazine groups is 1. The van der Waals surface area contributed by atoms with E-state index in [1.165, 1.54) is 36.4 Å². The molecular weight excluding hydrogens is 351 g/mol. The van der Waals surface area contributed by atoms with E-state index in [2.05, 4.69) is 5.43 Å². The number of hydrogen-bond donors (Lipinski definition) is 1. The highest BCUT2D eigenvalue weighted by Gasteiger charge is 2.51. The van der Waals surface area contributed by atoms with Crippen molar-refractivity contribution < 1.29 is 22.9 Å². The summed E-state index contributed by atoms with van der Waals surface area (Å²) in [4.78, 5) is 22.6. The minimum Gasteiger partial charge on any atom is -0.287 e. The van der Waals surface area contributed by atoms with Gasteiger partial charge in [-0.15, -0.1) is 0 Å². The summed E-state index contributed by atoms with van der Waals surface area (Å²) in [5, 5.41) is 12.4. The van der Waals surface area contributed by atoms with Crippen molar-refractivity contribution in [3.05, 3.63) is 52.1 Å². The highest BCUT2D eigenvalue weighted by molar-refractivity contribution is 5.94. The fraction of sp³-hybridized carbons (Fsp3) is 0.353.